The first kappa shape index (κ1) is 20.9. The van der Waals surface area contributed by atoms with Crippen molar-refractivity contribution < 1.29 is 19.1 Å². The Morgan fingerprint density at radius 3 is 2.23 bits per heavy atom. The molecule has 0 unspecified atom stereocenters. The molecule has 0 amide bonds. The lowest BCUT2D eigenvalue weighted by atomic mass is 9.61. The molecule has 1 aliphatic rings. The summed E-state index contributed by atoms with van der Waals surface area (Å²) in [6, 6.07) is 9.95. The van der Waals surface area contributed by atoms with Gasteiger partial charge in [-0.25, -0.2) is 0 Å². The van der Waals surface area contributed by atoms with E-state index >= 15 is 0 Å². The normalized spacial score (nSPS) is 21.6. The molecule has 0 saturated heterocycles. The molecule has 26 heavy (non-hydrogen) atoms. The van der Waals surface area contributed by atoms with Gasteiger partial charge in [-0.3, -0.25) is 9.59 Å². The number of halogens is 1. The molecule has 0 heterocycles. The minimum Gasteiger partial charge on any atom is -0.468 e. The number of esters is 2. The van der Waals surface area contributed by atoms with Gasteiger partial charge < -0.3 is 9.47 Å². The molecule has 5 heteroatoms. The van der Waals surface area contributed by atoms with Crippen molar-refractivity contribution >= 4 is 40.1 Å². The van der Waals surface area contributed by atoms with Crippen LogP contribution in [0.1, 0.15) is 44.6 Å². The zero-order chi connectivity index (χ0) is 19.2. The summed E-state index contributed by atoms with van der Waals surface area (Å²) in [7, 11) is 2.68. The fourth-order valence-corrected chi connectivity index (χ4v) is 4.77. The molecule has 142 valence electrons. The van der Waals surface area contributed by atoms with E-state index in [0.29, 0.717) is 12.8 Å². The predicted molar refractivity (Wildman–Crippen MR) is 111 cm³/mol. The Labute approximate surface area is 169 Å². The number of carbonyl (C=O) groups is 2. The maximum atomic E-state index is 12.8. The molecule has 0 aliphatic heterocycles. The molecule has 1 aromatic carbocycles. The third-order valence-electron chi connectivity index (χ3n) is 5.22. The topological polar surface area (TPSA) is 52.6 Å². The van der Waals surface area contributed by atoms with E-state index < -0.39 is 17.4 Å². The van der Waals surface area contributed by atoms with Crippen LogP contribution >= 0.6 is 22.6 Å². The van der Waals surface area contributed by atoms with Gasteiger partial charge in [0.15, 0.2) is 5.41 Å². The van der Waals surface area contributed by atoms with Crippen LogP contribution in [0, 0.1) is 10.8 Å². The van der Waals surface area contributed by atoms with E-state index in [4.69, 9.17) is 9.47 Å². The van der Waals surface area contributed by atoms with Gasteiger partial charge in [0.1, 0.15) is 0 Å². The highest BCUT2D eigenvalue weighted by atomic mass is 127. The van der Waals surface area contributed by atoms with E-state index in [9.17, 15) is 9.59 Å². The summed E-state index contributed by atoms with van der Waals surface area (Å²) in [5.74, 6) is -1.01. The fraction of sp³-hybridized carbons (Fsp3) is 0.524. The van der Waals surface area contributed by atoms with E-state index in [-0.39, 0.29) is 5.41 Å². The number of rotatable bonds is 7. The number of hydrogen-bond acceptors (Lipinski definition) is 4. The zero-order valence-electron chi connectivity index (χ0n) is 15.7. The molecule has 0 spiro atoms. The van der Waals surface area contributed by atoms with Gasteiger partial charge in [-0.2, -0.15) is 0 Å². The Hall–Kier alpha value is -1.37. The SMILES string of the molecule is CCCC[C@]1(CI)C=C(c2ccccc2)CC(C(=O)OC)(C(=O)OC)C1. The van der Waals surface area contributed by atoms with Crippen molar-refractivity contribution in [1.29, 1.82) is 0 Å². The second-order valence-corrected chi connectivity index (χ2v) is 7.82. The molecule has 1 aliphatic carbocycles. The molecule has 0 radical (unpaired) electrons. The number of methoxy groups -OCH3 is 2. The van der Waals surface area contributed by atoms with Crippen LogP contribution in [-0.2, 0) is 19.1 Å². The van der Waals surface area contributed by atoms with Crippen LogP contribution in [-0.4, -0.2) is 30.6 Å². The number of alkyl halides is 1. The van der Waals surface area contributed by atoms with Gasteiger partial charge in [0, 0.05) is 4.43 Å². The predicted octanol–water partition coefficient (Wildman–Crippen LogP) is 4.81. The monoisotopic (exact) mass is 470 g/mol. The quantitative estimate of drug-likeness (QED) is 0.249. The van der Waals surface area contributed by atoms with Gasteiger partial charge >= 0.3 is 11.9 Å². The highest BCUT2D eigenvalue weighted by Crippen LogP contribution is 2.52. The third-order valence-corrected chi connectivity index (χ3v) is 6.74. The Balaban J connectivity index is 2.61. The molecule has 0 N–H and O–H groups in total. The summed E-state index contributed by atoms with van der Waals surface area (Å²) in [5, 5.41) is 0. The van der Waals surface area contributed by atoms with Crippen molar-refractivity contribution in [3.8, 4) is 0 Å². The first-order valence-electron chi connectivity index (χ1n) is 8.97. The van der Waals surface area contributed by atoms with E-state index in [2.05, 4.69) is 35.6 Å². The summed E-state index contributed by atoms with van der Waals surface area (Å²) in [6.07, 6.45) is 6.06. The van der Waals surface area contributed by atoms with Crippen LogP contribution in [0.3, 0.4) is 0 Å². The largest absolute Gasteiger partial charge is 0.468 e. The maximum Gasteiger partial charge on any atom is 0.323 e. The van der Waals surface area contributed by atoms with Crippen LogP contribution in [0.2, 0.25) is 0 Å². The molecule has 0 fully saturated rings. The van der Waals surface area contributed by atoms with Crippen LogP contribution in [0.5, 0.6) is 0 Å². The Morgan fingerprint density at radius 1 is 1.12 bits per heavy atom. The summed E-state index contributed by atoms with van der Waals surface area (Å²) < 4.78 is 11.0. The van der Waals surface area contributed by atoms with Gasteiger partial charge in [0.05, 0.1) is 14.2 Å². The minimum absolute atomic E-state index is 0.234. The second kappa shape index (κ2) is 9.02. The Kier molecular flexibility index (Phi) is 7.26. The molecule has 0 aromatic heterocycles. The molecular weight excluding hydrogens is 443 g/mol. The maximum absolute atomic E-state index is 12.8. The van der Waals surface area contributed by atoms with Crippen LogP contribution in [0.15, 0.2) is 36.4 Å². The van der Waals surface area contributed by atoms with Crippen molar-refractivity contribution in [3.05, 3.63) is 42.0 Å². The van der Waals surface area contributed by atoms with E-state index in [1.54, 1.807) is 0 Å². The van der Waals surface area contributed by atoms with Crippen molar-refractivity contribution in [2.45, 2.75) is 39.0 Å². The van der Waals surface area contributed by atoms with Crippen molar-refractivity contribution in [1.82, 2.24) is 0 Å². The van der Waals surface area contributed by atoms with E-state index in [1.807, 2.05) is 30.3 Å². The number of unbranched alkanes of at least 4 members (excludes halogenated alkanes) is 1. The fourth-order valence-electron chi connectivity index (χ4n) is 3.90. The van der Waals surface area contributed by atoms with E-state index in [0.717, 1.165) is 34.8 Å². The number of ether oxygens (including phenoxy) is 2. The summed E-state index contributed by atoms with van der Waals surface area (Å²) in [5.41, 5.74) is 0.528. The highest BCUT2D eigenvalue weighted by molar-refractivity contribution is 14.1. The van der Waals surface area contributed by atoms with Gasteiger partial charge in [-0.05, 0) is 35.8 Å². The van der Waals surface area contributed by atoms with Gasteiger partial charge in [0.2, 0.25) is 0 Å². The molecular formula is C21H27IO4. The average molecular weight is 470 g/mol. The van der Waals surface area contributed by atoms with Gasteiger partial charge in [-0.1, -0.05) is 78.8 Å². The molecule has 0 bridgehead atoms. The summed E-state index contributed by atoms with van der Waals surface area (Å²) in [6.45, 7) is 2.15. The summed E-state index contributed by atoms with van der Waals surface area (Å²) in [4.78, 5) is 25.6. The lowest BCUT2D eigenvalue weighted by Crippen LogP contribution is -2.48. The van der Waals surface area contributed by atoms with E-state index in [1.165, 1.54) is 14.2 Å². The van der Waals surface area contributed by atoms with Gasteiger partial charge in [-0.15, -0.1) is 0 Å². The molecule has 1 atom stereocenters. The standard InChI is InChI=1S/C21H27IO4/c1-4-5-11-20(15-22)12-17(16-9-7-6-8-10-16)13-21(14-20,18(23)25-2)19(24)26-3/h6-10,12H,4-5,11,13-15H2,1-3H3/t20-/m0/s1. The molecule has 0 saturated carbocycles. The number of hydrogen-bond donors (Lipinski definition) is 0. The molecule has 4 nitrogen and oxygen atoms in total. The lowest BCUT2D eigenvalue weighted by molar-refractivity contribution is -0.171. The average Bonchev–Trinajstić information content (AvgIpc) is 2.71. The molecule has 1 aromatic rings. The Morgan fingerprint density at radius 2 is 1.73 bits per heavy atom. The van der Waals surface area contributed by atoms with Crippen LogP contribution in [0.4, 0.5) is 0 Å². The summed E-state index contributed by atoms with van der Waals surface area (Å²) >= 11 is 2.37. The molecule has 2 rings (SSSR count). The second-order valence-electron chi connectivity index (χ2n) is 7.05. The smallest absolute Gasteiger partial charge is 0.323 e. The highest BCUT2D eigenvalue weighted by Gasteiger charge is 2.55. The Bertz CT molecular complexity index is 652. The van der Waals surface area contributed by atoms with Crippen LogP contribution < -0.4 is 0 Å². The van der Waals surface area contributed by atoms with Gasteiger partial charge in [0.25, 0.3) is 0 Å². The van der Waals surface area contributed by atoms with Crippen molar-refractivity contribution in [2.24, 2.45) is 10.8 Å². The van der Waals surface area contributed by atoms with Crippen molar-refractivity contribution in [3.63, 3.8) is 0 Å². The first-order valence-corrected chi connectivity index (χ1v) is 10.5. The first-order chi connectivity index (χ1) is 12.5. The number of allylic oxidation sites excluding steroid dienone is 2. The van der Waals surface area contributed by atoms with Crippen LogP contribution in [0.25, 0.3) is 5.57 Å². The zero-order valence-corrected chi connectivity index (χ0v) is 17.9. The third kappa shape index (κ3) is 4.13. The lowest BCUT2D eigenvalue weighted by Gasteiger charge is -2.43. The van der Waals surface area contributed by atoms with Crippen molar-refractivity contribution in [2.75, 3.05) is 18.6 Å². The minimum atomic E-state index is -1.29. The number of benzene rings is 1. The number of carbonyl (C=O) groups excluding carboxylic acids is 2.